The Morgan fingerprint density at radius 1 is 0.364 bits per heavy atom. The molecule has 0 radical (unpaired) electrons. The van der Waals surface area contributed by atoms with Crippen LogP contribution < -0.4 is 0 Å². The van der Waals surface area contributed by atoms with Crippen LogP contribution in [0.5, 0.6) is 0 Å². The molecule has 0 aromatic rings. The monoisotopic (exact) mass is 617 g/mol. The van der Waals surface area contributed by atoms with Gasteiger partial charge in [0, 0.05) is 6.42 Å². The van der Waals surface area contributed by atoms with Crippen LogP contribution in [0.4, 0.5) is 0 Å². The van der Waals surface area contributed by atoms with Gasteiger partial charge in [-0.1, -0.05) is 217 Å². The lowest BCUT2D eigenvalue weighted by molar-refractivity contribution is -0.137. The molecular weight excluding hydrogens is 536 g/mol. The van der Waals surface area contributed by atoms with Crippen LogP contribution in [0.3, 0.4) is 0 Å². The second kappa shape index (κ2) is 40.0. The van der Waals surface area contributed by atoms with Gasteiger partial charge in [0.1, 0.15) is 0 Å². The first-order valence-corrected chi connectivity index (χ1v) is 20.3. The number of rotatable bonds is 38. The van der Waals surface area contributed by atoms with Gasteiger partial charge in [-0.15, -0.1) is 0 Å². The maximum Gasteiger partial charge on any atom is 0.303 e. The number of hydrogen-bond acceptors (Lipinski definition) is 1. The molecule has 0 heterocycles. The van der Waals surface area contributed by atoms with Crippen molar-refractivity contribution in [3.63, 3.8) is 0 Å². The van der Waals surface area contributed by atoms with Crippen LogP contribution in [0, 0.1) is 0 Å². The van der Waals surface area contributed by atoms with Crippen LogP contribution in [0.25, 0.3) is 0 Å². The van der Waals surface area contributed by atoms with Gasteiger partial charge in [-0.2, -0.15) is 0 Å². The maximum absolute atomic E-state index is 10.5. The number of carboxylic acids is 1. The van der Waals surface area contributed by atoms with E-state index in [1.165, 1.54) is 205 Å². The standard InChI is InChI=1S/C42H80O2/c1-2-3-4-5-6-7-8-9-10-11-12-13-14-15-16-17-18-19-20-21-22-23-24-25-26-27-28-29-30-31-32-33-34-35-36-37-38-39-40-41-42(43)44/h8-9,11-12H,2-7,10,13-41H2,1H3,(H,43,44)/b9-8-,12-11-. The fraction of sp³-hybridized carbons (Fsp3) is 0.881. The van der Waals surface area contributed by atoms with Crippen LogP contribution in [0.2, 0.25) is 0 Å². The van der Waals surface area contributed by atoms with E-state index in [1.807, 2.05) is 0 Å². The maximum atomic E-state index is 10.5. The van der Waals surface area contributed by atoms with Crippen molar-refractivity contribution < 1.29 is 9.90 Å². The molecule has 0 aromatic carbocycles. The second-order valence-electron chi connectivity index (χ2n) is 13.9. The molecule has 2 heteroatoms. The Labute approximate surface area is 277 Å². The Bertz CT molecular complexity index is 593. The lowest BCUT2D eigenvalue weighted by atomic mass is 10.0. The zero-order chi connectivity index (χ0) is 31.9. The molecule has 1 N–H and O–H groups in total. The highest BCUT2D eigenvalue weighted by Gasteiger charge is 1.98. The summed E-state index contributed by atoms with van der Waals surface area (Å²) in [5.74, 6) is -0.649. The lowest BCUT2D eigenvalue weighted by Gasteiger charge is -2.04. The van der Waals surface area contributed by atoms with E-state index in [2.05, 4.69) is 31.2 Å². The largest absolute Gasteiger partial charge is 0.481 e. The molecule has 0 atom stereocenters. The first kappa shape index (κ1) is 43.0. The minimum Gasteiger partial charge on any atom is -0.481 e. The highest BCUT2D eigenvalue weighted by Crippen LogP contribution is 2.16. The topological polar surface area (TPSA) is 37.3 Å². The molecule has 0 spiro atoms. The van der Waals surface area contributed by atoms with Crippen molar-refractivity contribution in [2.24, 2.45) is 0 Å². The highest BCUT2D eigenvalue weighted by molar-refractivity contribution is 5.66. The third-order valence-electron chi connectivity index (χ3n) is 9.34. The Kier molecular flexibility index (Phi) is 39.0. The highest BCUT2D eigenvalue weighted by atomic mass is 16.4. The molecule has 260 valence electrons. The van der Waals surface area contributed by atoms with Crippen LogP contribution in [-0.2, 0) is 4.79 Å². The van der Waals surface area contributed by atoms with E-state index >= 15 is 0 Å². The number of carboxylic acid groups (broad SMARTS) is 1. The fourth-order valence-corrected chi connectivity index (χ4v) is 6.33. The summed E-state index contributed by atoms with van der Waals surface area (Å²) in [4.78, 5) is 10.5. The predicted molar refractivity (Wildman–Crippen MR) is 198 cm³/mol. The van der Waals surface area contributed by atoms with Gasteiger partial charge < -0.3 is 5.11 Å². The summed E-state index contributed by atoms with van der Waals surface area (Å²) >= 11 is 0. The molecule has 0 saturated carbocycles. The van der Waals surface area contributed by atoms with Crippen molar-refractivity contribution in [3.05, 3.63) is 24.3 Å². The average molecular weight is 617 g/mol. The van der Waals surface area contributed by atoms with E-state index in [-0.39, 0.29) is 0 Å². The third kappa shape index (κ3) is 41.0. The van der Waals surface area contributed by atoms with E-state index in [0.29, 0.717) is 6.42 Å². The van der Waals surface area contributed by atoms with Crippen LogP contribution >= 0.6 is 0 Å². The zero-order valence-corrected chi connectivity index (χ0v) is 30.1. The minimum atomic E-state index is -0.649. The van der Waals surface area contributed by atoms with Crippen molar-refractivity contribution in [1.82, 2.24) is 0 Å². The summed E-state index contributed by atoms with van der Waals surface area (Å²) in [6.45, 7) is 2.28. The molecule has 0 rings (SSSR count). The fourth-order valence-electron chi connectivity index (χ4n) is 6.33. The quantitative estimate of drug-likeness (QED) is 0.0553. The molecular formula is C42H80O2. The number of aliphatic carboxylic acids is 1. The van der Waals surface area contributed by atoms with E-state index in [0.717, 1.165) is 19.3 Å². The number of unbranched alkanes of at least 4 members (excludes halogenated alkanes) is 32. The number of hydrogen-bond donors (Lipinski definition) is 1. The molecule has 0 amide bonds. The molecule has 44 heavy (non-hydrogen) atoms. The molecule has 0 unspecified atom stereocenters. The summed E-state index contributed by atoms with van der Waals surface area (Å²) in [6.07, 6.45) is 57.9. The van der Waals surface area contributed by atoms with Gasteiger partial charge >= 0.3 is 5.97 Å². The molecule has 0 aliphatic rings. The van der Waals surface area contributed by atoms with Crippen molar-refractivity contribution in [1.29, 1.82) is 0 Å². The molecule has 0 fully saturated rings. The molecule has 0 aliphatic heterocycles. The molecule has 0 saturated heterocycles. The van der Waals surface area contributed by atoms with E-state index in [9.17, 15) is 4.79 Å². The summed E-state index contributed by atoms with van der Waals surface area (Å²) in [6, 6.07) is 0. The summed E-state index contributed by atoms with van der Waals surface area (Å²) in [5, 5.41) is 8.64. The van der Waals surface area contributed by atoms with Crippen LogP contribution in [0.1, 0.15) is 238 Å². The second-order valence-corrected chi connectivity index (χ2v) is 13.9. The van der Waals surface area contributed by atoms with Crippen molar-refractivity contribution in [2.75, 3.05) is 0 Å². The SMILES string of the molecule is CCCCCCC/C=C\C/C=C\CCCCCCCCCCCCCCCCCCCCCCCCCCCCCC(=O)O. The molecule has 2 nitrogen and oxygen atoms in total. The smallest absolute Gasteiger partial charge is 0.303 e. The van der Waals surface area contributed by atoms with Gasteiger partial charge in [0.15, 0.2) is 0 Å². The van der Waals surface area contributed by atoms with Gasteiger partial charge in [0.05, 0.1) is 0 Å². The van der Waals surface area contributed by atoms with Crippen molar-refractivity contribution >= 4 is 5.97 Å². The van der Waals surface area contributed by atoms with E-state index in [1.54, 1.807) is 0 Å². The van der Waals surface area contributed by atoms with Crippen LogP contribution in [-0.4, -0.2) is 11.1 Å². The summed E-state index contributed by atoms with van der Waals surface area (Å²) in [5.41, 5.74) is 0. The molecule has 0 aromatic heterocycles. The first-order valence-electron chi connectivity index (χ1n) is 20.3. The Balaban J connectivity index is 3.10. The number of allylic oxidation sites excluding steroid dienone is 4. The molecule has 0 aliphatic carbocycles. The summed E-state index contributed by atoms with van der Waals surface area (Å²) in [7, 11) is 0. The normalized spacial score (nSPS) is 11.8. The predicted octanol–water partition coefficient (Wildman–Crippen LogP) is 15.2. The van der Waals surface area contributed by atoms with Gasteiger partial charge in [-0.05, 0) is 38.5 Å². The van der Waals surface area contributed by atoms with E-state index in [4.69, 9.17) is 5.11 Å². The van der Waals surface area contributed by atoms with Gasteiger partial charge in [-0.25, -0.2) is 0 Å². The lowest BCUT2D eigenvalue weighted by Crippen LogP contribution is -1.93. The third-order valence-corrected chi connectivity index (χ3v) is 9.34. The molecule has 0 bridgehead atoms. The zero-order valence-electron chi connectivity index (χ0n) is 30.1. The Hall–Kier alpha value is -1.05. The van der Waals surface area contributed by atoms with Crippen LogP contribution in [0.15, 0.2) is 24.3 Å². The average Bonchev–Trinajstić information content (AvgIpc) is 3.02. The van der Waals surface area contributed by atoms with Gasteiger partial charge in [0.2, 0.25) is 0 Å². The Morgan fingerprint density at radius 3 is 0.886 bits per heavy atom. The van der Waals surface area contributed by atoms with Crippen molar-refractivity contribution in [3.8, 4) is 0 Å². The van der Waals surface area contributed by atoms with Crippen molar-refractivity contribution in [2.45, 2.75) is 238 Å². The summed E-state index contributed by atoms with van der Waals surface area (Å²) < 4.78 is 0. The minimum absolute atomic E-state index is 0.345. The van der Waals surface area contributed by atoms with E-state index < -0.39 is 5.97 Å². The van der Waals surface area contributed by atoms with Gasteiger partial charge in [0.25, 0.3) is 0 Å². The Morgan fingerprint density at radius 2 is 0.614 bits per heavy atom. The first-order chi connectivity index (χ1) is 21.8. The number of carbonyl (C=O) groups is 1. The van der Waals surface area contributed by atoms with Gasteiger partial charge in [-0.3, -0.25) is 4.79 Å².